The second-order valence-corrected chi connectivity index (χ2v) is 6.65. The molecule has 1 aliphatic rings. The lowest BCUT2D eigenvalue weighted by molar-refractivity contribution is 0.0980. The SMILES string of the molecule is O=C(c1ccnc(OC2CCSC2)c1)N(CCO)c1ccccc1. The van der Waals surface area contributed by atoms with Crippen LogP contribution in [0.5, 0.6) is 5.88 Å². The molecule has 2 heterocycles. The van der Waals surface area contributed by atoms with Gasteiger partial charge in [-0.05, 0) is 30.4 Å². The van der Waals surface area contributed by atoms with Crippen molar-refractivity contribution < 1.29 is 14.6 Å². The van der Waals surface area contributed by atoms with Crippen molar-refractivity contribution in [2.24, 2.45) is 0 Å². The summed E-state index contributed by atoms with van der Waals surface area (Å²) in [6.07, 6.45) is 2.76. The zero-order valence-electron chi connectivity index (χ0n) is 13.3. The van der Waals surface area contributed by atoms with Crippen LogP contribution in [-0.2, 0) is 0 Å². The normalized spacial score (nSPS) is 16.8. The Balaban J connectivity index is 1.79. The highest BCUT2D eigenvalue weighted by Crippen LogP contribution is 2.23. The predicted molar refractivity (Wildman–Crippen MR) is 95.8 cm³/mol. The third-order valence-electron chi connectivity index (χ3n) is 3.79. The van der Waals surface area contributed by atoms with Gasteiger partial charge in [0, 0.05) is 35.8 Å². The van der Waals surface area contributed by atoms with Gasteiger partial charge in [0.15, 0.2) is 0 Å². The molecule has 0 radical (unpaired) electrons. The van der Waals surface area contributed by atoms with Gasteiger partial charge in [-0.3, -0.25) is 4.79 Å². The number of aliphatic hydroxyl groups is 1. The van der Waals surface area contributed by atoms with Crippen molar-refractivity contribution in [2.45, 2.75) is 12.5 Å². The fourth-order valence-corrected chi connectivity index (χ4v) is 3.69. The number of hydrogen-bond donors (Lipinski definition) is 1. The van der Waals surface area contributed by atoms with Gasteiger partial charge in [-0.1, -0.05) is 18.2 Å². The Labute approximate surface area is 145 Å². The lowest BCUT2D eigenvalue weighted by atomic mass is 10.2. The largest absolute Gasteiger partial charge is 0.473 e. The van der Waals surface area contributed by atoms with E-state index in [1.165, 1.54) is 0 Å². The van der Waals surface area contributed by atoms with Crippen molar-refractivity contribution in [1.82, 2.24) is 4.98 Å². The summed E-state index contributed by atoms with van der Waals surface area (Å²) in [4.78, 5) is 18.6. The number of anilines is 1. The Hall–Kier alpha value is -2.05. The molecule has 0 spiro atoms. The fourth-order valence-electron chi connectivity index (χ4n) is 2.60. The van der Waals surface area contributed by atoms with Crippen LogP contribution in [0.2, 0.25) is 0 Å². The maximum absolute atomic E-state index is 12.9. The van der Waals surface area contributed by atoms with E-state index in [4.69, 9.17) is 4.74 Å². The molecule has 1 unspecified atom stereocenters. The van der Waals surface area contributed by atoms with Crippen LogP contribution < -0.4 is 9.64 Å². The van der Waals surface area contributed by atoms with Gasteiger partial charge in [-0.25, -0.2) is 4.98 Å². The minimum atomic E-state index is -0.178. The van der Waals surface area contributed by atoms with Crippen LogP contribution in [0.3, 0.4) is 0 Å². The molecule has 0 saturated carbocycles. The molecule has 1 aromatic heterocycles. The second-order valence-electron chi connectivity index (χ2n) is 5.50. The summed E-state index contributed by atoms with van der Waals surface area (Å²) in [5.41, 5.74) is 1.26. The molecule has 1 fully saturated rings. The molecule has 24 heavy (non-hydrogen) atoms. The minimum absolute atomic E-state index is 0.103. The number of benzene rings is 1. The first-order valence-electron chi connectivity index (χ1n) is 7.96. The van der Waals surface area contributed by atoms with Crippen LogP contribution in [0.1, 0.15) is 16.8 Å². The van der Waals surface area contributed by atoms with E-state index in [0.29, 0.717) is 11.4 Å². The van der Waals surface area contributed by atoms with E-state index in [9.17, 15) is 9.90 Å². The average Bonchev–Trinajstić information content (AvgIpc) is 3.13. The van der Waals surface area contributed by atoms with E-state index in [-0.39, 0.29) is 25.2 Å². The van der Waals surface area contributed by atoms with Crippen molar-refractivity contribution in [3.63, 3.8) is 0 Å². The summed E-state index contributed by atoms with van der Waals surface area (Å²) in [5, 5.41) is 9.30. The average molecular weight is 344 g/mol. The maximum atomic E-state index is 12.9. The van der Waals surface area contributed by atoms with Crippen molar-refractivity contribution in [3.8, 4) is 5.88 Å². The Morgan fingerprint density at radius 1 is 1.33 bits per heavy atom. The van der Waals surface area contributed by atoms with E-state index < -0.39 is 0 Å². The molecule has 1 amide bonds. The molecule has 0 aliphatic carbocycles. The predicted octanol–water partition coefficient (Wildman–Crippen LogP) is 2.61. The number of carbonyl (C=O) groups excluding carboxylic acids is 1. The van der Waals surface area contributed by atoms with Gasteiger partial charge in [-0.2, -0.15) is 11.8 Å². The number of amides is 1. The van der Waals surface area contributed by atoms with E-state index in [1.54, 1.807) is 23.2 Å². The molecule has 1 atom stereocenters. The first-order chi connectivity index (χ1) is 11.8. The minimum Gasteiger partial charge on any atom is -0.473 e. The van der Waals surface area contributed by atoms with Gasteiger partial charge >= 0.3 is 0 Å². The Bertz CT molecular complexity index is 675. The summed E-state index contributed by atoms with van der Waals surface area (Å²) in [7, 11) is 0. The lowest BCUT2D eigenvalue weighted by Crippen LogP contribution is -2.33. The maximum Gasteiger partial charge on any atom is 0.258 e. The highest BCUT2D eigenvalue weighted by atomic mass is 32.2. The monoisotopic (exact) mass is 344 g/mol. The fraction of sp³-hybridized carbons (Fsp3) is 0.333. The first kappa shape index (κ1) is 16.8. The summed E-state index contributed by atoms with van der Waals surface area (Å²) in [5.74, 6) is 2.36. The summed E-state index contributed by atoms with van der Waals surface area (Å²) < 4.78 is 5.86. The van der Waals surface area contributed by atoms with E-state index in [1.807, 2.05) is 42.1 Å². The molecule has 3 rings (SSSR count). The number of carbonyl (C=O) groups is 1. The molecular weight excluding hydrogens is 324 g/mol. The quantitative estimate of drug-likeness (QED) is 0.873. The molecular formula is C18H20N2O3S. The number of thioether (sulfide) groups is 1. The number of pyridine rings is 1. The number of aliphatic hydroxyl groups excluding tert-OH is 1. The molecule has 2 aromatic rings. The van der Waals surface area contributed by atoms with E-state index >= 15 is 0 Å². The molecule has 1 N–H and O–H groups in total. The third kappa shape index (κ3) is 4.07. The molecule has 0 bridgehead atoms. The van der Waals surface area contributed by atoms with Gasteiger partial charge in [0.2, 0.25) is 5.88 Å². The van der Waals surface area contributed by atoms with Crippen molar-refractivity contribution >= 4 is 23.4 Å². The van der Waals surface area contributed by atoms with E-state index in [2.05, 4.69) is 4.98 Å². The molecule has 1 aromatic carbocycles. The number of ether oxygens (including phenoxy) is 1. The number of nitrogens with zero attached hydrogens (tertiary/aromatic N) is 2. The molecule has 1 aliphatic heterocycles. The molecule has 6 heteroatoms. The Morgan fingerprint density at radius 3 is 2.88 bits per heavy atom. The van der Waals surface area contributed by atoms with Gasteiger partial charge < -0.3 is 14.7 Å². The van der Waals surface area contributed by atoms with E-state index in [0.717, 1.165) is 23.6 Å². The van der Waals surface area contributed by atoms with Gasteiger partial charge in [0.05, 0.1) is 6.61 Å². The molecule has 126 valence electrons. The lowest BCUT2D eigenvalue weighted by Gasteiger charge is -2.22. The summed E-state index contributed by atoms with van der Waals surface area (Å²) >= 11 is 1.86. The summed E-state index contributed by atoms with van der Waals surface area (Å²) in [6, 6.07) is 12.7. The number of hydrogen-bond acceptors (Lipinski definition) is 5. The van der Waals surface area contributed by atoms with Gasteiger partial charge in [-0.15, -0.1) is 0 Å². The smallest absolute Gasteiger partial charge is 0.258 e. The highest BCUT2D eigenvalue weighted by molar-refractivity contribution is 7.99. The Kier molecular flexibility index (Phi) is 5.72. The Morgan fingerprint density at radius 2 is 2.17 bits per heavy atom. The zero-order valence-corrected chi connectivity index (χ0v) is 14.1. The van der Waals surface area contributed by atoms with Crippen molar-refractivity contribution in [1.29, 1.82) is 0 Å². The van der Waals surface area contributed by atoms with Crippen LogP contribution in [0.25, 0.3) is 0 Å². The van der Waals surface area contributed by atoms with Crippen LogP contribution in [0, 0.1) is 0 Å². The second kappa shape index (κ2) is 8.17. The standard InChI is InChI=1S/C18H20N2O3S/c21-10-9-20(15-4-2-1-3-5-15)18(22)14-6-8-19-17(12-14)23-16-7-11-24-13-16/h1-6,8,12,16,21H,7,9-11,13H2. The third-order valence-corrected chi connectivity index (χ3v) is 4.93. The number of aromatic nitrogens is 1. The number of para-hydroxylation sites is 1. The molecule has 1 saturated heterocycles. The van der Waals surface area contributed by atoms with Crippen LogP contribution in [0.4, 0.5) is 5.69 Å². The van der Waals surface area contributed by atoms with Gasteiger partial charge in [0.1, 0.15) is 6.10 Å². The first-order valence-corrected chi connectivity index (χ1v) is 9.11. The highest BCUT2D eigenvalue weighted by Gasteiger charge is 2.20. The number of rotatable bonds is 6. The topological polar surface area (TPSA) is 62.7 Å². The van der Waals surface area contributed by atoms with Crippen LogP contribution >= 0.6 is 11.8 Å². The zero-order chi connectivity index (χ0) is 16.8. The molecule has 5 nitrogen and oxygen atoms in total. The van der Waals surface area contributed by atoms with Crippen LogP contribution in [0.15, 0.2) is 48.7 Å². The summed E-state index contributed by atoms with van der Waals surface area (Å²) in [6.45, 7) is 0.134. The van der Waals surface area contributed by atoms with Crippen LogP contribution in [-0.4, -0.2) is 46.8 Å². The van der Waals surface area contributed by atoms with Gasteiger partial charge in [0.25, 0.3) is 5.91 Å². The van der Waals surface area contributed by atoms with Crippen molar-refractivity contribution in [2.75, 3.05) is 29.6 Å². The van der Waals surface area contributed by atoms with Crippen molar-refractivity contribution in [3.05, 3.63) is 54.2 Å².